The molecule has 0 aliphatic carbocycles. The van der Waals surface area contributed by atoms with Gasteiger partial charge in [-0.25, -0.2) is 0 Å². The van der Waals surface area contributed by atoms with Crippen molar-refractivity contribution in [3.8, 4) is 0 Å². The van der Waals surface area contributed by atoms with E-state index in [1.165, 1.54) is 0 Å². The van der Waals surface area contributed by atoms with Crippen LogP contribution >= 0.6 is 0 Å². The summed E-state index contributed by atoms with van der Waals surface area (Å²) in [6.45, 7) is 12.8. The van der Waals surface area contributed by atoms with E-state index >= 15 is 0 Å². The van der Waals surface area contributed by atoms with E-state index in [4.69, 9.17) is 0 Å². The highest BCUT2D eigenvalue weighted by Crippen LogP contribution is 2.60. The van der Waals surface area contributed by atoms with Gasteiger partial charge in [0.1, 0.15) is 0 Å². The monoisotopic (exact) mass is 512 g/mol. The quantitative estimate of drug-likeness (QED) is 0.362. The molecule has 0 bridgehead atoms. The van der Waals surface area contributed by atoms with Gasteiger partial charge in [-0.3, -0.25) is 19.2 Å². The summed E-state index contributed by atoms with van der Waals surface area (Å²) in [4.78, 5) is 54.9. The molecule has 6 atom stereocenters. The molecule has 4 N–H and O–H groups in total. The number of carbonyl (C=O) groups is 4. The lowest BCUT2D eigenvalue weighted by Crippen LogP contribution is -2.68. The molecule has 206 valence electrons. The molecule has 36 heavy (non-hydrogen) atoms. The number of rotatable bonds is 9. The molecule has 6 unspecified atom stereocenters. The lowest BCUT2D eigenvalue weighted by molar-refractivity contribution is -0.202. The molecule has 0 aromatic heterocycles. The van der Waals surface area contributed by atoms with Gasteiger partial charge in [-0.2, -0.15) is 0 Å². The fourth-order valence-corrected chi connectivity index (χ4v) is 7.16. The fraction of sp³-hybridized carbons (Fsp3) is 0.846. The van der Waals surface area contributed by atoms with Crippen molar-refractivity contribution in [3.63, 3.8) is 0 Å². The van der Waals surface area contributed by atoms with Crippen LogP contribution in [0.4, 0.5) is 0 Å². The number of piperidine rings is 2. The van der Waals surface area contributed by atoms with Gasteiger partial charge >= 0.3 is 23.9 Å². The fourth-order valence-electron chi connectivity index (χ4n) is 7.16. The number of hydrogen-bond acceptors (Lipinski definition) is 6. The van der Waals surface area contributed by atoms with E-state index in [2.05, 4.69) is 9.80 Å². The smallest absolute Gasteiger partial charge is 0.311 e. The second kappa shape index (κ2) is 10.3. The third kappa shape index (κ3) is 4.74. The maximum Gasteiger partial charge on any atom is 0.311 e. The van der Waals surface area contributed by atoms with Crippen molar-refractivity contribution in [1.29, 1.82) is 0 Å². The van der Waals surface area contributed by atoms with Crippen LogP contribution in [0.3, 0.4) is 0 Å². The van der Waals surface area contributed by atoms with Crippen LogP contribution in [0, 0.1) is 40.9 Å². The molecular formula is C26H44N2O8. The summed E-state index contributed by atoms with van der Waals surface area (Å²) < 4.78 is 0. The van der Waals surface area contributed by atoms with Crippen molar-refractivity contribution in [3.05, 3.63) is 0 Å². The van der Waals surface area contributed by atoms with Crippen molar-refractivity contribution in [2.24, 2.45) is 40.9 Å². The van der Waals surface area contributed by atoms with Crippen LogP contribution in [0.15, 0.2) is 0 Å². The molecule has 0 aromatic rings. The standard InChI is InChI=1S/C26H44N2O8/c1-14-17(9-11-27(7)24(14,3)4)26(23(35)36,18-10-12-28(8)25(5,6)15(18)2)20(22(33)34)16(21(31)32)13-19(29)30/h14-18,20H,9-13H2,1-8H3,(H,29,30)(H,31,32)(H,33,34)(H,35,36). The number of aliphatic carboxylic acids is 4. The van der Waals surface area contributed by atoms with Crippen LogP contribution in [0.5, 0.6) is 0 Å². The summed E-state index contributed by atoms with van der Waals surface area (Å²) in [6, 6.07) is 0. The van der Waals surface area contributed by atoms with Crippen LogP contribution in [0.1, 0.15) is 60.8 Å². The minimum Gasteiger partial charge on any atom is -0.481 e. The normalized spacial score (nSPS) is 32.1. The third-order valence-corrected chi connectivity index (χ3v) is 10.4. The van der Waals surface area contributed by atoms with Crippen molar-refractivity contribution >= 4 is 23.9 Å². The van der Waals surface area contributed by atoms with Crippen molar-refractivity contribution in [2.45, 2.75) is 71.9 Å². The minimum absolute atomic E-state index is 0.302. The maximum atomic E-state index is 13.6. The SMILES string of the molecule is CC1C(C(C(=O)O)(C2CCN(C)C(C)(C)C2C)C(C(=O)O)C(CC(=O)O)C(=O)O)CCN(C)C1(C)C. The Morgan fingerprint density at radius 1 is 0.806 bits per heavy atom. The summed E-state index contributed by atoms with van der Waals surface area (Å²) in [5.41, 5.74) is -2.95. The van der Waals surface area contributed by atoms with Gasteiger partial charge in [0.05, 0.1) is 23.7 Å². The van der Waals surface area contributed by atoms with E-state index in [1.54, 1.807) is 0 Å². The molecule has 0 saturated carbocycles. The highest BCUT2D eigenvalue weighted by molar-refractivity contribution is 5.90. The summed E-state index contributed by atoms with van der Waals surface area (Å²) >= 11 is 0. The van der Waals surface area contributed by atoms with Gasteiger partial charge in [-0.15, -0.1) is 0 Å². The minimum atomic E-state index is -1.99. The van der Waals surface area contributed by atoms with Crippen LogP contribution in [0.2, 0.25) is 0 Å². The summed E-state index contributed by atoms with van der Waals surface area (Å²) in [6.07, 6.45) is -0.220. The number of likely N-dealkylation sites (tertiary alicyclic amines) is 2. The zero-order valence-corrected chi connectivity index (χ0v) is 22.8. The Morgan fingerprint density at radius 3 is 1.47 bits per heavy atom. The highest BCUT2D eigenvalue weighted by Gasteiger charge is 2.67. The molecular weight excluding hydrogens is 468 g/mol. The first-order valence-corrected chi connectivity index (χ1v) is 12.7. The maximum absolute atomic E-state index is 13.6. The Hall–Kier alpha value is -2.20. The predicted octanol–water partition coefficient (Wildman–Crippen LogP) is 2.67. The van der Waals surface area contributed by atoms with Crippen LogP contribution < -0.4 is 0 Å². The third-order valence-electron chi connectivity index (χ3n) is 10.4. The molecule has 0 aromatic carbocycles. The molecule has 2 heterocycles. The highest BCUT2D eigenvalue weighted by atomic mass is 16.4. The van der Waals surface area contributed by atoms with Gasteiger partial charge in [-0.05, 0) is 91.4 Å². The molecule has 10 nitrogen and oxygen atoms in total. The van der Waals surface area contributed by atoms with Gasteiger partial charge in [0.15, 0.2) is 0 Å². The second-order valence-corrected chi connectivity index (χ2v) is 12.1. The van der Waals surface area contributed by atoms with E-state index in [1.807, 2.05) is 55.6 Å². The van der Waals surface area contributed by atoms with Gasteiger partial charge in [0.25, 0.3) is 0 Å². The average Bonchev–Trinajstić information content (AvgIpc) is 2.74. The molecule has 2 fully saturated rings. The number of carboxylic acids is 4. The lowest BCUT2D eigenvalue weighted by atomic mass is 9.46. The number of carboxylic acid groups (broad SMARTS) is 4. The summed E-state index contributed by atoms with van der Waals surface area (Å²) in [5, 5.41) is 41.2. The second-order valence-electron chi connectivity index (χ2n) is 12.1. The van der Waals surface area contributed by atoms with E-state index < -0.39 is 70.5 Å². The Morgan fingerprint density at radius 2 is 1.19 bits per heavy atom. The Labute approximate surface area is 213 Å². The van der Waals surface area contributed by atoms with E-state index in [0.29, 0.717) is 25.9 Å². The van der Waals surface area contributed by atoms with Crippen LogP contribution in [-0.2, 0) is 19.2 Å². The van der Waals surface area contributed by atoms with Crippen molar-refractivity contribution < 1.29 is 39.6 Å². The Kier molecular flexibility index (Phi) is 8.58. The number of nitrogens with zero attached hydrogens (tertiary/aromatic N) is 2. The van der Waals surface area contributed by atoms with E-state index in [0.717, 1.165) is 0 Å². The average molecular weight is 513 g/mol. The van der Waals surface area contributed by atoms with Gasteiger partial charge in [0, 0.05) is 11.1 Å². The van der Waals surface area contributed by atoms with Gasteiger partial charge in [-0.1, -0.05) is 13.8 Å². The molecule has 2 aliphatic rings. The largest absolute Gasteiger partial charge is 0.481 e. The molecule has 2 aliphatic heterocycles. The zero-order valence-electron chi connectivity index (χ0n) is 22.8. The predicted molar refractivity (Wildman–Crippen MR) is 133 cm³/mol. The zero-order chi connectivity index (χ0) is 28.0. The van der Waals surface area contributed by atoms with E-state index in [-0.39, 0.29) is 11.8 Å². The number of hydrogen-bond donors (Lipinski definition) is 4. The topological polar surface area (TPSA) is 156 Å². The summed E-state index contributed by atoms with van der Waals surface area (Å²) in [7, 11) is 3.88. The molecule has 0 spiro atoms. The molecule has 2 saturated heterocycles. The van der Waals surface area contributed by atoms with E-state index in [9.17, 15) is 39.6 Å². The lowest BCUT2D eigenvalue weighted by Gasteiger charge is -2.61. The molecule has 0 radical (unpaired) electrons. The van der Waals surface area contributed by atoms with Crippen molar-refractivity contribution in [1.82, 2.24) is 9.80 Å². The van der Waals surface area contributed by atoms with Crippen LogP contribution in [0.25, 0.3) is 0 Å². The summed E-state index contributed by atoms with van der Waals surface area (Å²) in [5.74, 6) is -11.7. The first-order valence-electron chi connectivity index (χ1n) is 12.7. The first-order chi connectivity index (χ1) is 16.4. The first kappa shape index (κ1) is 30.0. The molecule has 0 amide bonds. The molecule has 2 rings (SSSR count). The van der Waals surface area contributed by atoms with Crippen molar-refractivity contribution in [2.75, 3.05) is 27.2 Å². The van der Waals surface area contributed by atoms with Gasteiger partial charge < -0.3 is 30.2 Å². The molecule has 10 heteroatoms. The Balaban J connectivity index is 2.95. The Bertz CT molecular complexity index is 849. The van der Waals surface area contributed by atoms with Crippen LogP contribution in [-0.4, -0.2) is 92.4 Å². The van der Waals surface area contributed by atoms with Gasteiger partial charge in [0.2, 0.25) is 0 Å².